The number of ether oxygens (including phenoxy) is 2. The first-order chi connectivity index (χ1) is 13.2. The molecule has 0 aromatic heterocycles. The van der Waals surface area contributed by atoms with E-state index in [1.54, 1.807) is 32.0 Å². The van der Waals surface area contributed by atoms with Crippen molar-refractivity contribution in [2.24, 2.45) is 0 Å². The number of benzene rings is 2. The third kappa shape index (κ3) is 5.24. The Labute approximate surface area is 166 Å². The van der Waals surface area contributed by atoms with Gasteiger partial charge in [0.15, 0.2) is 0 Å². The van der Waals surface area contributed by atoms with Crippen molar-refractivity contribution in [1.29, 1.82) is 0 Å². The molecule has 2 rings (SSSR count). The lowest BCUT2D eigenvalue weighted by molar-refractivity contribution is 0.102. The molecular formula is C20H26N2O5S. The molecule has 2 aromatic carbocycles. The lowest BCUT2D eigenvalue weighted by Gasteiger charge is -2.14. The second-order valence-electron chi connectivity index (χ2n) is 6.51. The van der Waals surface area contributed by atoms with Gasteiger partial charge in [0.25, 0.3) is 5.91 Å². The van der Waals surface area contributed by atoms with E-state index in [1.165, 1.54) is 25.3 Å². The van der Waals surface area contributed by atoms with Gasteiger partial charge in [0, 0.05) is 11.6 Å². The van der Waals surface area contributed by atoms with Gasteiger partial charge in [-0.2, -0.15) is 0 Å². The summed E-state index contributed by atoms with van der Waals surface area (Å²) in [6.07, 6.45) is 0. The summed E-state index contributed by atoms with van der Waals surface area (Å²) in [4.78, 5) is 12.7. The average Bonchev–Trinajstić information content (AvgIpc) is 2.62. The molecule has 0 atom stereocenters. The molecule has 1 amide bonds. The number of anilines is 1. The van der Waals surface area contributed by atoms with Gasteiger partial charge in [-0.3, -0.25) is 4.79 Å². The van der Waals surface area contributed by atoms with Gasteiger partial charge >= 0.3 is 0 Å². The largest absolute Gasteiger partial charge is 0.495 e. The zero-order valence-electron chi connectivity index (χ0n) is 16.7. The molecule has 0 aliphatic rings. The molecular weight excluding hydrogens is 380 g/mol. The van der Waals surface area contributed by atoms with Crippen LogP contribution in [-0.4, -0.2) is 34.1 Å². The van der Waals surface area contributed by atoms with Crippen LogP contribution in [0.15, 0.2) is 41.3 Å². The molecule has 0 radical (unpaired) electrons. The summed E-state index contributed by atoms with van der Waals surface area (Å²) in [7, 11) is -2.25. The van der Waals surface area contributed by atoms with Crippen LogP contribution >= 0.6 is 0 Å². The number of methoxy groups -OCH3 is 1. The van der Waals surface area contributed by atoms with Gasteiger partial charge < -0.3 is 14.8 Å². The van der Waals surface area contributed by atoms with E-state index >= 15 is 0 Å². The highest BCUT2D eigenvalue weighted by atomic mass is 32.2. The maximum absolute atomic E-state index is 12.7. The van der Waals surface area contributed by atoms with Gasteiger partial charge in [-0.1, -0.05) is 0 Å². The Morgan fingerprint density at radius 1 is 1.11 bits per heavy atom. The van der Waals surface area contributed by atoms with Crippen LogP contribution in [0.2, 0.25) is 0 Å². The highest BCUT2D eigenvalue weighted by Crippen LogP contribution is 2.28. The lowest BCUT2D eigenvalue weighted by atomic mass is 10.1. The highest BCUT2D eigenvalue weighted by molar-refractivity contribution is 7.89. The molecule has 0 heterocycles. The lowest BCUT2D eigenvalue weighted by Crippen LogP contribution is -2.30. The highest BCUT2D eigenvalue weighted by Gasteiger charge is 2.19. The van der Waals surface area contributed by atoms with E-state index in [2.05, 4.69) is 10.0 Å². The summed E-state index contributed by atoms with van der Waals surface area (Å²) in [6.45, 7) is 7.75. The zero-order valence-corrected chi connectivity index (χ0v) is 17.5. The third-order valence-electron chi connectivity index (χ3n) is 3.86. The first-order valence-electron chi connectivity index (χ1n) is 8.93. The van der Waals surface area contributed by atoms with Crippen LogP contribution in [0.5, 0.6) is 11.5 Å². The third-order valence-corrected chi connectivity index (χ3v) is 5.51. The minimum Gasteiger partial charge on any atom is -0.495 e. The number of nitrogens with one attached hydrogen (secondary N) is 2. The number of hydrogen-bond donors (Lipinski definition) is 2. The molecule has 0 spiro atoms. The van der Waals surface area contributed by atoms with Crippen molar-refractivity contribution in [3.63, 3.8) is 0 Å². The van der Waals surface area contributed by atoms with E-state index in [4.69, 9.17) is 9.47 Å². The molecule has 152 valence electrons. The monoisotopic (exact) mass is 406 g/mol. The van der Waals surface area contributed by atoms with Crippen LogP contribution in [0.4, 0.5) is 5.69 Å². The number of hydrogen-bond acceptors (Lipinski definition) is 5. The molecule has 7 nitrogen and oxygen atoms in total. The van der Waals surface area contributed by atoms with Gasteiger partial charge in [0.1, 0.15) is 11.5 Å². The van der Waals surface area contributed by atoms with E-state index in [-0.39, 0.29) is 22.5 Å². The summed E-state index contributed by atoms with van der Waals surface area (Å²) in [5, 5.41) is 2.73. The first-order valence-corrected chi connectivity index (χ1v) is 10.4. The van der Waals surface area contributed by atoms with Gasteiger partial charge in [-0.25, -0.2) is 13.1 Å². The van der Waals surface area contributed by atoms with Crippen LogP contribution in [0, 0.1) is 6.92 Å². The van der Waals surface area contributed by atoms with Crippen molar-refractivity contribution in [2.45, 2.75) is 38.6 Å². The Kier molecular flexibility index (Phi) is 7.04. The predicted molar refractivity (Wildman–Crippen MR) is 109 cm³/mol. The fraction of sp³-hybridized carbons (Fsp3) is 0.350. The van der Waals surface area contributed by atoms with Crippen molar-refractivity contribution >= 4 is 21.6 Å². The van der Waals surface area contributed by atoms with Crippen molar-refractivity contribution in [2.75, 3.05) is 19.0 Å². The van der Waals surface area contributed by atoms with Crippen molar-refractivity contribution in [3.8, 4) is 11.5 Å². The Morgan fingerprint density at radius 3 is 2.36 bits per heavy atom. The Balaban J connectivity index is 2.33. The smallest absolute Gasteiger partial charge is 0.255 e. The molecule has 8 heteroatoms. The molecule has 0 saturated carbocycles. The maximum atomic E-state index is 12.7. The maximum Gasteiger partial charge on any atom is 0.255 e. The normalized spacial score (nSPS) is 11.4. The first kappa shape index (κ1) is 21.7. The van der Waals surface area contributed by atoms with Gasteiger partial charge in [-0.15, -0.1) is 0 Å². The molecule has 2 aromatic rings. The topological polar surface area (TPSA) is 93.7 Å². The van der Waals surface area contributed by atoms with E-state index in [0.29, 0.717) is 23.7 Å². The zero-order chi connectivity index (χ0) is 20.9. The summed E-state index contributed by atoms with van der Waals surface area (Å²) >= 11 is 0. The standard InChI is InChI=1S/C20H26N2O5S/c1-6-27-18-9-7-15(11-14(18)4)20(23)21-17-12-16(8-10-19(17)26-5)28(24,25)22-13(2)3/h7-13,22H,6H2,1-5H3,(H,21,23). The fourth-order valence-electron chi connectivity index (χ4n) is 2.63. The second kappa shape index (κ2) is 9.07. The molecule has 0 aliphatic heterocycles. The van der Waals surface area contributed by atoms with Crippen molar-refractivity contribution in [3.05, 3.63) is 47.5 Å². The van der Waals surface area contributed by atoms with E-state index < -0.39 is 10.0 Å². The van der Waals surface area contributed by atoms with E-state index in [9.17, 15) is 13.2 Å². The Bertz CT molecular complexity index is 955. The number of carbonyl (C=O) groups is 1. The average molecular weight is 407 g/mol. The van der Waals surface area contributed by atoms with Crippen LogP contribution in [-0.2, 0) is 10.0 Å². The molecule has 0 unspecified atom stereocenters. The van der Waals surface area contributed by atoms with Crippen LogP contribution in [0.25, 0.3) is 0 Å². The second-order valence-corrected chi connectivity index (χ2v) is 8.22. The van der Waals surface area contributed by atoms with Gasteiger partial charge in [0.2, 0.25) is 10.0 Å². The minimum absolute atomic E-state index is 0.0418. The summed E-state index contributed by atoms with van der Waals surface area (Å²) in [5.41, 5.74) is 1.53. The van der Waals surface area contributed by atoms with Crippen LogP contribution in [0.3, 0.4) is 0 Å². The van der Waals surface area contributed by atoms with Gasteiger partial charge in [0.05, 0.1) is 24.3 Å². The van der Waals surface area contributed by atoms with Crippen LogP contribution < -0.4 is 19.5 Å². The minimum atomic E-state index is -3.70. The van der Waals surface area contributed by atoms with Crippen LogP contribution in [0.1, 0.15) is 36.7 Å². The quantitative estimate of drug-likeness (QED) is 0.701. The summed E-state index contributed by atoms with van der Waals surface area (Å²) in [5.74, 6) is 0.694. The van der Waals surface area contributed by atoms with Crippen molar-refractivity contribution in [1.82, 2.24) is 4.72 Å². The molecule has 0 aliphatic carbocycles. The van der Waals surface area contributed by atoms with Gasteiger partial charge in [-0.05, 0) is 69.7 Å². The summed E-state index contributed by atoms with van der Waals surface area (Å²) in [6, 6.07) is 9.17. The number of carbonyl (C=O) groups excluding carboxylic acids is 1. The molecule has 28 heavy (non-hydrogen) atoms. The Hall–Kier alpha value is -2.58. The summed E-state index contributed by atoms with van der Waals surface area (Å²) < 4.78 is 38.1. The number of rotatable bonds is 8. The molecule has 0 bridgehead atoms. The Morgan fingerprint density at radius 2 is 1.79 bits per heavy atom. The fourth-order valence-corrected chi connectivity index (χ4v) is 3.91. The van der Waals surface area contributed by atoms with E-state index in [0.717, 1.165) is 5.56 Å². The molecule has 0 fully saturated rings. The molecule has 0 saturated heterocycles. The number of amides is 1. The number of aryl methyl sites for hydroxylation is 1. The van der Waals surface area contributed by atoms with Crippen molar-refractivity contribution < 1.29 is 22.7 Å². The van der Waals surface area contributed by atoms with E-state index in [1.807, 2.05) is 13.8 Å². The molecule has 2 N–H and O–H groups in total. The SMILES string of the molecule is CCOc1ccc(C(=O)Nc2cc(S(=O)(=O)NC(C)C)ccc2OC)cc1C. The predicted octanol–water partition coefficient (Wildman–Crippen LogP) is 3.34. The number of sulfonamides is 1.